The fraction of sp³-hybridized carbons (Fsp3) is 0.226. The van der Waals surface area contributed by atoms with Gasteiger partial charge in [-0.25, -0.2) is 0 Å². The Morgan fingerprint density at radius 3 is 1.77 bits per heavy atom. The molecule has 1 aliphatic carbocycles. The van der Waals surface area contributed by atoms with Crippen LogP contribution in [0.2, 0.25) is 0 Å². The predicted molar refractivity (Wildman–Crippen MR) is 139 cm³/mol. The van der Waals surface area contributed by atoms with Gasteiger partial charge in [0.15, 0.2) is 0 Å². The maximum Gasteiger partial charge on any atom is 0.0159 e. The molecule has 0 saturated heterocycles. The Morgan fingerprint density at radius 1 is 0.516 bits per heavy atom. The third-order valence-electron chi connectivity index (χ3n) is 6.41. The molecule has 0 N–H and O–H groups in total. The van der Waals surface area contributed by atoms with Crippen LogP contribution in [0.1, 0.15) is 52.7 Å². The maximum atomic E-state index is 2.40. The molecule has 5 aromatic rings. The van der Waals surface area contributed by atoms with Gasteiger partial charge in [0.05, 0.1) is 0 Å². The van der Waals surface area contributed by atoms with E-state index in [1.807, 2.05) is 27.7 Å². The van der Waals surface area contributed by atoms with E-state index in [-0.39, 0.29) is 5.41 Å². The van der Waals surface area contributed by atoms with Gasteiger partial charge in [0.25, 0.3) is 0 Å². The van der Waals surface area contributed by atoms with Gasteiger partial charge in [0, 0.05) is 5.41 Å². The SMILES string of the molecule is CC.CC.CC1(C)c2cc3ccccc3cc2-c2c1ccc1ccc3ccccc3c21. The van der Waals surface area contributed by atoms with Crippen LogP contribution in [-0.4, -0.2) is 0 Å². The smallest absolute Gasteiger partial charge is 0.0159 e. The third-order valence-corrected chi connectivity index (χ3v) is 6.41. The molecule has 0 atom stereocenters. The first-order valence-electron chi connectivity index (χ1n) is 11.6. The number of hydrogen-bond donors (Lipinski definition) is 0. The van der Waals surface area contributed by atoms with Crippen molar-refractivity contribution in [3.8, 4) is 11.1 Å². The summed E-state index contributed by atoms with van der Waals surface area (Å²) in [5.74, 6) is 0. The van der Waals surface area contributed by atoms with Crippen LogP contribution in [0.5, 0.6) is 0 Å². The predicted octanol–water partition coefficient (Wildman–Crippen LogP) is 9.50. The molecule has 0 saturated carbocycles. The molecule has 0 amide bonds. The molecule has 0 heteroatoms. The molecule has 31 heavy (non-hydrogen) atoms. The van der Waals surface area contributed by atoms with Crippen LogP contribution in [0.4, 0.5) is 0 Å². The Kier molecular flexibility index (Phi) is 5.58. The summed E-state index contributed by atoms with van der Waals surface area (Å²) in [5, 5.41) is 8.02. The van der Waals surface area contributed by atoms with E-state index in [0.717, 1.165) is 0 Å². The van der Waals surface area contributed by atoms with E-state index < -0.39 is 0 Å². The minimum atomic E-state index is 0.0137. The van der Waals surface area contributed by atoms with Gasteiger partial charge in [-0.15, -0.1) is 0 Å². The molecule has 0 fully saturated rings. The highest BCUT2D eigenvalue weighted by molar-refractivity contribution is 6.17. The van der Waals surface area contributed by atoms with Crippen LogP contribution < -0.4 is 0 Å². The fourth-order valence-corrected chi connectivity index (χ4v) is 5.01. The van der Waals surface area contributed by atoms with Crippen LogP contribution in [-0.2, 0) is 5.41 Å². The molecule has 0 aromatic heterocycles. The number of benzene rings is 5. The summed E-state index contributed by atoms with van der Waals surface area (Å²) < 4.78 is 0. The normalized spacial score (nSPS) is 13.1. The molecule has 0 bridgehead atoms. The summed E-state index contributed by atoms with van der Waals surface area (Å²) in [4.78, 5) is 0. The van der Waals surface area contributed by atoms with Gasteiger partial charge in [-0.2, -0.15) is 0 Å². The van der Waals surface area contributed by atoms with E-state index in [2.05, 4.69) is 98.8 Å². The summed E-state index contributed by atoms with van der Waals surface area (Å²) in [6, 6.07) is 31.4. The van der Waals surface area contributed by atoms with Crippen LogP contribution in [0.15, 0.2) is 84.9 Å². The van der Waals surface area contributed by atoms with Crippen LogP contribution >= 0.6 is 0 Å². The lowest BCUT2D eigenvalue weighted by Crippen LogP contribution is -2.14. The Bertz CT molecular complexity index is 1390. The summed E-state index contributed by atoms with van der Waals surface area (Å²) in [6.45, 7) is 12.7. The molecule has 1 aliphatic rings. The third kappa shape index (κ3) is 3.13. The highest BCUT2D eigenvalue weighted by Crippen LogP contribution is 2.53. The van der Waals surface area contributed by atoms with Gasteiger partial charge in [-0.3, -0.25) is 0 Å². The molecule has 0 radical (unpaired) electrons. The molecule has 0 spiro atoms. The lowest BCUT2D eigenvalue weighted by atomic mass is 9.81. The van der Waals surface area contributed by atoms with Gasteiger partial charge in [-0.05, 0) is 66.7 Å². The number of rotatable bonds is 0. The number of fused-ring (bicyclic) bond motifs is 8. The van der Waals surface area contributed by atoms with E-state index in [1.165, 1.54) is 54.6 Å². The standard InChI is InChI=1S/C27H20.2C2H6/c1-27(2)23-14-13-18-12-11-17-7-5-6-10-21(17)25(18)26(23)22-15-19-8-3-4-9-20(19)16-24(22)27;2*1-2/h3-16H,1-2H3;2*1-2H3. The van der Waals surface area contributed by atoms with Gasteiger partial charge in [0.2, 0.25) is 0 Å². The first-order valence-corrected chi connectivity index (χ1v) is 11.6. The summed E-state index contributed by atoms with van der Waals surface area (Å²) >= 11 is 0. The van der Waals surface area contributed by atoms with Crippen molar-refractivity contribution < 1.29 is 0 Å². The highest BCUT2D eigenvalue weighted by Gasteiger charge is 2.36. The quantitative estimate of drug-likeness (QED) is 0.225. The molecule has 156 valence electrons. The van der Waals surface area contributed by atoms with Gasteiger partial charge < -0.3 is 0 Å². The second-order valence-corrected chi connectivity index (χ2v) is 8.24. The van der Waals surface area contributed by atoms with Crippen molar-refractivity contribution in [1.29, 1.82) is 0 Å². The Hall–Kier alpha value is -3.12. The van der Waals surface area contributed by atoms with Crippen molar-refractivity contribution in [3.63, 3.8) is 0 Å². The minimum absolute atomic E-state index is 0.0137. The monoisotopic (exact) mass is 404 g/mol. The van der Waals surface area contributed by atoms with E-state index in [0.29, 0.717) is 0 Å². The van der Waals surface area contributed by atoms with Crippen molar-refractivity contribution >= 4 is 32.3 Å². The zero-order valence-electron chi connectivity index (χ0n) is 19.6. The molecule has 0 aliphatic heterocycles. The second kappa shape index (κ2) is 8.19. The largest absolute Gasteiger partial charge is 0.0683 e. The summed E-state index contributed by atoms with van der Waals surface area (Å²) in [7, 11) is 0. The van der Waals surface area contributed by atoms with Gasteiger partial charge in [-0.1, -0.05) is 114 Å². The van der Waals surface area contributed by atoms with E-state index >= 15 is 0 Å². The molecular formula is C31H32. The van der Waals surface area contributed by atoms with Crippen LogP contribution in [0.3, 0.4) is 0 Å². The van der Waals surface area contributed by atoms with E-state index in [4.69, 9.17) is 0 Å². The molecular weight excluding hydrogens is 372 g/mol. The van der Waals surface area contributed by atoms with Crippen molar-refractivity contribution in [1.82, 2.24) is 0 Å². The molecule has 0 heterocycles. The average Bonchev–Trinajstić information content (AvgIpc) is 3.06. The number of hydrogen-bond acceptors (Lipinski definition) is 0. The van der Waals surface area contributed by atoms with Crippen LogP contribution in [0, 0.1) is 0 Å². The molecule has 5 aromatic carbocycles. The molecule has 6 rings (SSSR count). The minimum Gasteiger partial charge on any atom is -0.0683 e. The van der Waals surface area contributed by atoms with Crippen LogP contribution in [0.25, 0.3) is 43.4 Å². The zero-order chi connectivity index (χ0) is 22.2. The van der Waals surface area contributed by atoms with E-state index in [9.17, 15) is 0 Å². The fourth-order valence-electron chi connectivity index (χ4n) is 5.01. The molecule has 0 nitrogen and oxygen atoms in total. The Labute approximate surface area is 186 Å². The highest BCUT2D eigenvalue weighted by atomic mass is 14.4. The zero-order valence-corrected chi connectivity index (χ0v) is 19.6. The Balaban J connectivity index is 0.000000549. The topological polar surface area (TPSA) is 0 Å². The lowest BCUT2D eigenvalue weighted by molar-refractivity contribution is 0.661. The summed E-state index contributed by atoms with van der Waals surface area (Å²) in [6.07, 6.45) is 0. The summed E-state index contributed by atoms with van der Waals surface area (Å²) in [5.41, 5.74) is 5.72. The van der Waals surface area contributed by atoms with Crippen molar-refractivity contribution in [2.24, 2.45) is 0 Å². The lowest BCUT2D eigenvalue weighted by Gasteiger charge is -2.22. The van der Waals surface area contributed by atoms with Crippen molar-refractivity contribution in [3.05, 3.63) is 96.1 Å². The average molecular weight is 405 g/mol. The first kappa shape index (κ1) is 21.1. The van der Waals surface area contributed by atoms with Gasteiger partial charge in [0.1, 0.15) is 0 Å². The first-order chi connectivity index (χ1) is 15.1. The second-order valence-electron chi connectivity index (χ2n) is 8.24. The van der Waals surface area contributed by atoms with Crippen molar-refractivity contribution in [2.75, 3.05) is 0 Å². The van der Waals surface area contributed by atoms with Gasteiger partial charge >= 0.3 is 0 Å². The van der Waals surface area contributed by atoms with E-state index in [1.54, 1.807) is 0 Å². The Morgan fingerprint density at radius 2 is 1.06 bits per heavy atom. The van der Waals surface area contributed by atoms with Crippen molar-refractivity contribution in [2.45, 2.75) is 47.0 Å². The maximum absolute atomic E-state index is 2.40. The molecule has 0 unspecified atom stereocenters.